The van der Waals surface area contributed by atoms with Crippen molar-refractivity contribution in [3.63, 3.8) is 0 Å². The van der Waals surface area contributed by atoms with Gasteiger partial charge in [0.05, 0.1) is 25.0 Å². The zero-order valence-electron chi connectivity index (χ0n) is 11.3. The molecule has 0 saturated carbocycles. The number of benzene rings is 2. The molecule has 0 aromatic heterocycles. The van der Waals surface area contributed by atoms with E-state index in [1.54, 1.807) is 31.4 Å². The molecule has 21 heavy (non-hydrogen) atoms. The van der Waals surface area contributed by atoms with Crippen molar-refractivity contribution in [2.75, 3.05) is 24.3 Å². The SMILES string of the molecule is COc1ccc(Br)cc1NCC(=O)Nc1ccccc1F. The number of halogens is 2. The van der Waals surface area contributed by atoms with Crippen LogP contribution in [0.15, 0.2) is 46.9 Å². The number of anilines is 2. The summed E-state index contributed by atoms with van der Waals surface area (Å²) < 4.78 is 19.5. The number of nitrogens with one attached hydrogen (secondary N) is 2. The molecule has 6 heteroatoms. The largest absolute Gasteiger partial charge is 0.495 e. The van der Waals surface area contributed by atoms with Crippen molar-refractivity contribution in [2.45, 2.75) is 0 Å². The van der Waals surface area contributed by atoms with Crippen LogP contribution in [0.2, 0.25) is 0 Å². The third-order valence-corrected chi connectivity index (χ3v) is 3.24. The third-order valence-electron chi connectivity index (χ3n) is 2.75. The lowest BCUT2D eigenvalue weighted by molar-refractivity contribution is -0.114. The molecule has 4 nitrogen and oxygen atoms in total. The van der Waals surface area contributed by atoms with Crippen molar-refractivity contribution in [1.29, 1.82) is 0 Å². The first-order valence-electron chi connectivity index (χ1n) is 6.22. The summed E-state index contributed by atoms with van der Waals surface area (Å²) in [6.45, 7) is 0.00114. The maximum absolute atomic E-state index is 13.4. The van der Waals surface area contributed by atoms with E-state index in [9.17, 15) is 9.18 Å². The zero-order chi connectivity index (χ0) is 15.2. The molecule has 0 aliphatic heterocycles. The minimum absolute atomic E-state index is 0.00114. The lowest BCUT2D eigenvalue weighted by Crippen LogP contribution is -2.22. The van der Waals surface area contributed by atoms with Gasteiger partial charge in [-0.25, -0.2) is 4.39 Å². The Hall–Kier alpha value is -2.08. The fraction of sp³-hybridized carbons (Fsp3) is 0.133. The Labute approximate surface area is 130 Å². The van der Waals surface area contributed by atoms with Gasteiger partial charge in [-0.2, -0.15) is 0 Å². The number of ether oxygens (including phenoxy) is 1. The second-order valence-corrected chi connectivity index (χ2v) is 5.14. The topological polar surface area (TPSA) is 50.4 Å². The van der Waals surface area contributed by atoms with Gasteiger partial charge in [0.2, 0.25) is 5.91 Å². The van der Waals surface area contributed by atoms with Crippen LogP contribution in [-0.4, -0.2) is 19.6 Å². The summed E-state index contributed by atoms with van der Waals surface area (Å²) in [4.78, 5) is 11.8. The second-order valence-electron chi connectivity index (χ2n) is 4.23. The van der Waals surface area contributed by atoms with Crippen LogP contribution in [0.25, 0.3) is 0 Å². The molecule has 0 heterocycles. The lowest BCUT2D eigenvalue weighted by atomic mass is 10.3. The molecule has 0 bridgehead atoms. The summed E-state index contributed by atoms with van der Waals surface area (Å²) in [7, 11) is 1.55. The number of hydrogen-bond donors (Lipinski definition) is 2. The minimum Gasteiger partial charge on any atom is -0.495 e. The van der Waals surface area contributed by atoms with E-state index in [0.29, 0.717) is 11.4 Å². The van der Waals surface area contributed by atoms with Crippen LogP contribution < -0.4 is 15.4 Å². The molecule has 0 saturated heterocycles. The monoisotopic (exact) mass is 352 g/mol. The summed E-state index contributed by atoms with van der Waals surface area (Å²) in [5.41, 5.74) is 0.834. The van der Waals surface area contributed by atoms with Crippen molar-refractivity contribution in [2.24, 2.45) is 0 Å². The molecule has 2 rings (SSSR count). The van der Waals surface area contributed by atoms with Gasteiger partial charge in [0.15, 0.2) is 0 Å². The van der Waals surface area contributed by atoms with Crippen LogP contribution in [0, 0.1) is 5.82 Å². The van der Waals surface area contributed by atoms with Crippen molar-refractivity contribution in [3.8, 4) is 5.75 Å². The Kier molecular flexibility index (Phi) is 5.16. The van der Waals surface area contributed by atoms with E-state index in [2.05, 4.69) is 26.6 Å². The zero-order valence-corrected chi connectivity index (χ0v) is 12.9. The first kappa shape index (κ1) is 15.3. The van der Waals surface area contributed by atoms with E-state index >= 15 is 0 Å². The summed E-state index contributed by atoms with van der Waals surface area (Å²) in [5.74, 6) is -0.190. The molecule has 2 aromatic rings. The third kappa shape index (κ3) is 4.19. The Balaban J connectivity index is 1.98. The average molecular weight is 353 g/mol. The highest BCUT2D eigenvalue weighted by Crippen LogP contribution is 2.27. The Morgan fingerprint density at radius 1 is 1.24 bits per heavy atom. The van der Waals surface area contributed by atoms with Crippen LogP contribution >= 0.6 is 15.9 Å². The van der Waals surface area contributed by atoms with Crippen molar-refractivity contribution < 1.29 is 13.9 Å². The molecule has 0 spiro atoms. The number of carbonyl (C=O) groups excluding carboxylic acids is 1. The van der Waals surface area contributed by atoms with Crippen LogP contribution in [-0.2, 0) is 4.79 Å². The number of amides is 1. The number of rotatable bonds is 5. The van der Waals surface area contributed by atoms with Gasteiger partial charge in [0.1, 0.15) is 11.6 Å². The van der Waals surface area contributed by atoms with Crippen molar-refractivity contribution in [1.82, 2.24) is 0 Å². The maximum atomic E-state index is 13.4. The molecular formula is C15H14BrFN2O2. The van der Waals surface area contributed by atoms with Gasteiger partial charge in [-0.1, -0.05) is 28.1 Å². The molecule has 0 aliphatic carbocycles. The average Bonchev–Trinajstić information content (AvgIpc) is 2.48. The van der Waals surface area contributed by atoms with Crippen LogP contribution in [0.1, 0.15) is 0 Å². The van der Waals surface area contributed by atoms with E-state index in [0.717, 1.165) is 4.47 Å². The smallest absolute Gasteiger partial charge is 0.243 e. The molecule has 2 aromatic carbocycles. The molecule has 1 amide bonds. The summed E-state index contributed by atoms with van der Waals surface area (Å²) in [6, 6.07) is 11.4. The fourth-order valence-corrected chi connectivity index (χ4v) is 2.11. The van der Waals surface area contributed by atoms with E-state index in [-0.39, 0.29) is 18.1 Å². The van der Waals surface area contributed by atoms with Gasteiger partial charge < -0.3 is 15.4 Å². The quantitative estimate of drug-likeness (QED) is 0.863. The van der Waals surface area contributed by atoms with E-state index in [1.165, 1.54) is 12.1 Å². The minimum atomic E-state index is -0.467. The molecule has 0 aliphatic rings. The molecule has 110 valence electrons. The Bertz CT molecular complexity index is 649. The first-order valence-corrected chi connectivity index (χ1v) is 7.01. The molecule has 0 unspecified atom stereocenters. The van der Waals surface area contributed by atoms with Gasteiger partial charge in [-0.05, 0) is 30.3 Å². The highest BCUT2D eigenvalue weighted by molar-refractivity contribution is 9.10. The van der Waals surface area contributed by atoms with E-state index in [1.807, 2.05) is 6.07 Å². The predicted molar refractivity (Wildman–Crippen MR) is 84.2 cm³/mol. The van der Waals surface area contributed by atoms with Crippen LogP contribution in [0.5, 0.6) is 5.75 Å². The normalized spacial score (nSPS) is 10.0. The number of carbonyl (C=O) groups is 1. The van der Waals surface area contributed by atoms with Gasteiger partial charge in [-0.3, -0.25) is 4.79 Å². The summed E-state index contributed by atoms with van der Waals surface area (Å²) in [6.07, 6.45) is 0. The second kappa shape index (κ2) is 7.08. The Morgan fingerprint density at radius 2 is 2.00 bits per heavy atom. The molecular weight excluding hydrogens is 339 g/mol. The molecule has 0 atom stereocenters. The highest BCUT2D eigenvalue weighted by atomic mass is 79.9. The van der Waals surface area contributed by atoms with Gasteiger partial charge in [0, 0.05) is 4.47 Å². The first-order chi connectivity index (χ1) is 10.1. The van der Waals surface area contributed by atoms with Gasteiger partial charge >= 0.3 is 0 Å². The molecule has 2 N–H and O–H groups in total. The van der Waals surface area contributed by atoms with E-state index in [4.69, 9.17) is 4.74 Å². The Morgan fingerprint density at radius 3 is 2.71 bits per heavy atom. The van der Waals surface area contributed by atoms with Crippen molar-refractivity contribution >= 4 is 33.2 Å². The number of hydrogen-bond acceptors (Lipinski definition) is 3. The van der Waals surface area contributed by atoms with Crippen LogP contribution in [0.4, 0.5) is 15.8 Å². The lowest BCUT2D eigenvalue weighted by Gasteiger charge is -2.12. The van der Waals surface area contributed by atoms with Gasteiger partial charge in [0.25, 0.3) is 0 Å². The highest BCUT2D eigenvalue weighted by Gasteiger charge is 2.08. The summed E-state index contributed by atoms with van der Waals surface area (Å²) in [5, 5.41) is 5.46. The van der Waals surface area contributed by atoms with Crippen molar-refractivity contribution in [3.05, 3.63) is 52.8 Å². The van der Waals surface area contributed by atoms with Gasteiger partial charge in [-0.15, -0.1) is 0 Å². The summed E-state index contributed by atoms with van der Waals surface area (Å²) >= 11 is 3.35. The predicted octanol–water partition coefficient (Wildman–Crippen LogP) is 3.65. The standard InChI is InChI=1S/C15H14BrFN2O2/c1-21-14-7-6-10(16)8-13(14)18-9-15(20)19-12-5-3-2-4-11(12)17/h2-8,18H,9H2,1H3,(H,19,20). The molecule has 0 radical (unpaired) electrons. The van der Waals surface area contributed by atoms with E-state index < -0.39 is 5.82 Å². The number of methoxy groups -OCH3 is 1. The fourth-order valence-electron chi connectivity index (χ4n) is 1.75. The number of para-hydroxylation sites is 1. The molecule has 0 fully saturated rings. The van der Waals surface area contributed by atoms with Crippen LogP contribution in [0.3, 0.4) is 0 Å². The maximum Gasteiger partial charge on any atom is 0.243 e.